The van der Waals surface area contributed by atoms with E-state index in [-0.39, 0.29) is 11.9 Å². The first kappa shape index (κ1) is 21.3. The Morgan fingerprint density at radius 2 is 1.71 bits per heavy atom. The van der Waals surface area contributed by atoms with Crippen molar-refractivity contribution in [2.75, 3.05) is 26.2 Å². The molecule has 1 amide bonds. The van der Waals surface area contributed by atoms with E-state index in [1.807, 2.05) is 32.9 Å². The summed E-state index contributed by atoms with van der Waals surface area (Å²) < 4.78 is 27.6. The fraction of sp³-hybridized carbons (Fsp3) is 0.667. The van der Waals surface area contributed by atoms with Crippen LogP contribution in [0.2, 0.25) is 0 Å². The molecule has 1 unspecified atom stereocenters. The molecule has 1 aliphatic heterocycles. The van der Waals surface area contributed by atoms with Gasteiger partial charge in [-0.05, 0) is 45.2 Å². The van der Waals surface area contributed by atoms with Crippen molar-refractivity contribution in [3.8, 4) is 0 Å². The smallest absolute Gasteiger partial charge is 0.243 e. The minimum Gasteiger partial charge on any atom is -0.352 e. The summed E-state index contributed by atoms with van der Waals surface area (Å²) >= 11 is 0. The van der Waals surface area contributed by atoms with E-state index in [0.717, 1.165) is 24.0 Å². The molecular weight excluding hydrogens is 374 g/mol. The number of sulfonamides is 1. The maximum atomic E-state index is 13.0. The number of rotatable bonds is 5. The lowest BCUT2D eigenvalue weighted by Gasteiger charge is -2.37. The largest absolute Gasteiger partial charge is 0.352 e. The molecule has 1 saturated carbocycles. The minimum atomic E-state index is -3.50. The van der Waals surface area contributed by atoms with Crippen molar-refractivity contribution in [3.63, 3.8) is 0 Å². The Hall–Kier alpha value is -1.44. The van der Waals surface area contributed by atoms with Crippen LogP contribution in [-0.4, -0.2) is 61.8 Å². The van der Waals surface area contributed by atoms with Gasteiger partial charge in [-0.3, -0.25) is 9.69 Å². The van der Waals surface area contributed by atoms with Gasteiger partial charge in [0.05, 0.1) is 10.9 Å². The summed E-state index contributed by atoms with van der Waals surface area (Å²) in [5.74, 6) is 0.0672. The molecule has 1 aromatic rings. The monoisotopic (exact) mass is 407 g/mol. The van der Waals surface area contributed by atoms with Gasteiger partial charge in [-0.2, -0.15) is 4.31 Å². The van der Waals surface area contributed by atoms with E-state index < -0.39 is 10.0 Å². The molecule has 7 heteroatoms. The predicted octanol–water partition coefficient (Wildman–Crippen LogP) is 2.45. The van der Waals surface area contributed by atoms with Gasteiger partial charge >= 0.3 is 0 Å². The van der Waals surface area contributed by atoms with E-state index in [1.165, 1.54) is 19.3 Å². The maximum absolute atomic E-state index is 13.0. The number of carbonyl (C=O) groups is 1. The summed E-state index contributed by atoms with van der Waals surface area (Å²) in [6.45, 7) is 7.70. The van der Waals surface area contributed by atoms with Gasteiger partial charge in [0, 0.05) is 32.2 Å². The molecule has 2 fully saturated rings. The lowest BCUT2D eigenvalue weighted by Crippen LogP contribution is -2.56. The molecule has 1 aliphatic carbocycles. The average Bonchev–Trinajstić information content (AvgIpc) is 2.68. The quantitative estimate of drug-likeness (QED) is 0.814. The molecule has 1 atom stereocenters. The molecule has 1 heterocycles. The van der Waals surface area contributed by atoms with Crippen molar-refractivity contribution in [1.29, 1.82) is 0 Å². The van der Waals surface area contributed by atoms with Crippen molar-refractivity contribution in [2.45, 2.75) is 69.9 Å². The van der Waals surface area contributed by atoms with E-state index in [4.69, 9.17) is 0 Å². The predicted molar refractivity (Wildman–Crippen MR) is 111 cm³/mol. The van der Waals surface area contributed by atoms with Crippen LogP contribution in [0, 0.1) is 13.8 Å². The van der Waals surface area contributed by atoms with Gasteiger partial charge < -0.3 is 5.32 Å². The summed E-state index contributed by atoms with van der Waals surface area (Å²) in [5, 5.41) is 3.18. The first-order valence-electron chi connectivity index (χ1n) is 10.4. The first-order chi connectivity index (χ1) is 13.3. The van der Waals surface area contributed by atoms with Gasteiger partial charge in [0.2, 0.25) is 15.9 Å². The molecule has 0 radical (unpaired) electrons. The summed E-state index contributed by atoms with van der Waals surface area (Å²) in [4.78, 5) is 15.1. The lowest BCUT2D eigenvalue weighted by atomic mass is 9.95. The van der Waals surface area contributed by atoms with Crippen molar-refractivity contribution in [3.05, 3.63) is 29.3 Å². The van der Waals surface area contributed by atoms with Crippen LogP contribution in [0.5, 0.6) is 0 Å². The van der Waals surface area contributed by atoms with E-state index in [9.17, 15) is 13.2 Å². The second-order valence-electron chi connectivity index (χ2n) is 8.23. The topological polar surface area (TPSA) is 69.7 Å². The van der Waals surface area contributed by atoms with Gasteiger partial charge in [0.15, 0.2) is 0 Å². The van der Waals surface area contributed by atoms with Crippen molar-refractivity contribution >= 4 is 15.9 Å². The molecular formula is C21H33N3O3S. The van der Waals surface area contributed by atoms with E-state index in [1.54, 1.807) is 10.4 Å². The number of carbonyl (C=O) groups excluding carboxylic acids is 1. The van der Waals surface area contributed by atoms with E-state index in [0.29, 0.717) is 37.1 Å². The van der Waals surface area contributed by atoms with Gasteiger partial charge in [0.25, 0.3) is 0 Å². The molecule has 156 valence electrons. The van der Waals surface area contributed by atoms with Gasteiger partial charge in [-0.1, -0.05) is 37.0 Å². The Labute approximate surface area is 169 Å². The number of hydrogen-bond donors (Lipinski definition) is 1. The molecule has 1 aromatic carbocycles. The number of nitrogens with zero attached hydrogens (tertiary/aromatic N) is 2. The van der Waals surface area contributed by atoms with Gasteiger partial charge in [0.1, 0.15) is 0 Å². The van der Waals surface area contributed by atoms with Crippen molar-refractivity contribution in [2.24, 2.45) is 0 Å². The first-order valence-corrected chi connectivity index (χ1v) is 11.8. The molecule has 0 aromatic heterocycles. The number of hydrogen-bond acceptors (Lipinski definition) is 4. The van der Waals surface area contributed by atoms with Gasteiger partial charge in [-0.15, -0.1) is 0 Å². The third-order valence-electron chi connectivity index (χ3n) is 6.10. The second-order valence-corrected chi connectivity index (χ2v) is 10.1. The van der Waals surface area contributed by atoms with Crippen LogP contribution < -0.4 is 5.32 Å². The summed E-state index contributed by atoms with van der Waals surface area (Å²) in [7, 11) is -3.50. The molecule has 1 saturated heterocycles. The molecule has 0 spiro atoms. The standard InChI is InChI=1S/C21H33N3O3S/c1-16-9-10-20(17(2)15-16)28(26,27)24-13-11-23(12-14-24)18(3)21(25)22-19-7-5-4-6-8-19/h9-10,15,18-19H,4-8,11-14H2,1-3H3,(H,22,25). The molecule has 1 N–H and O–H groups in total. The fourth-order valence-corrected chi connectivity index (χ4v) is 5.92. The fourth-order valence-electron chi connectivity index (χ4n) is 4.29. The Kier molecular flexibility index (Phi) is 6.78. The highest BCUT2D eigenvalue weighted by atomic mass is 32.2. The zero-order valence-corrected chi connectivity index (χ0v) is 18.1. The Bertz CT molecular complexity index is 795. The number of aryl methyl sites for hydroxylation is 2. The summed E-state index contributed by atoms with van der Waals surface area (Å²) in [6.07, 6.45) is 5.78. The third-order valence-corrected chi connectivity index (χ3v) is 8.16. The van der Waals surface area contributed by atoms with Crippen LogP contribution >= 0.6 is 0 Å². The van der Waals surface area contributed by atoms with E-state index in [2.05, 4.69) is 10.2 Å². The number of nitrogens with one attached hydrogen (secondary N) is 1. The molecule has 0 bridgehead atoms. The normalized spacial score (nSPS) is 21.4. The van der Waals surface area contributed by atoms with Crippen LogP contribution in [-0.2, 0) is 14.8 Å². The molecule has 6 nitrogen and oxygen atoms in total. The summed E-state index contributed by atoms with van der Waals surface area (Å²) in [6, 6.07) is 5.52. The van der Waals surface area contributed by atoms with Crippen molar-refractivity contribution < 1.29 is 13.2 Å². The Morgan fingerprint density at radius 3 is 2.32 bits per heavy atom. The van der Waals surface area contributed by atoms with Crippen LogP contribution in [0.15, 0.2) is 23.1 Å². The van der Waals surface area contributed by atoms with Crippen LogP contribution in [0.1, 0.15) is 50.2 Å². The highest BCUT2D eigenvalue weighted by molar-refractivity contribution is 7.89. The van der Waals surface area contributed by atoms with E-state index >= 15 is 0 Å². The van der Waals surface area contributed by atoms with Crippen LogP contribution in [0.4, 0.5) is 0 Å². The SMILES string of the molecule is Cc1ccc(S(=O)(=O)N2CCN(C(C)C(=O)NC3CCCCC3)CC2)c(C)c1. The van der Waals surface area contributed by atoms with Crippen LogP contribution in [0.3, 0.4) is 0 Å². The third kappa shape index (κ3) is 4.75. The average molecular weight is 408 g/mol. The lowest BCUT2D eigenvalue weighted by molar-refractivity contribution is -0.127. The van der Waals surface area contributed by atoms with Crippen molar-refractivity contribution in [1.82, 2.24) is 14.5 Å². The zero-order valence-electron chi connectivity index (χ0n) is 17.3. The molecule has 3 rings (SSSR count). The highest BCUT2D eigenvalue weighted by Gasteiger charge is 2.33. The van der Waals surface area contributed by atoms with Gasteiger partial charge in [-0.25, -0.2) is 8.42 Å². The maximum Gasteiger partial charge on any atom is 0.243 e. The number of benzene rings is 1. The number of amides is 1. The Balaban J connectivity index is 1.58. The molecule has 28 heavy (non-hydrogen) atoms. The summed E-state index contributed by atoms with van der Waals surface area (Å²) in [5.41, 5.74) is 1.83. The highest BCUT2D eigenvalue weighted by Crippen LogP contribution is 2.23. The molecule has 2 aliphatic rings. The van der Waals surface area contributed by atoms with Crippen LogP contribution in [0.25, 0.3) is 0 Å². The minimum absolute atomic E-state index is 0.0672. The zero-order chi connectivity index (χ0) is 20.3. The number of piperazine rings is 1. The Morgan fingerprint density at radius 1 is 1.07 bits per heavy atom. The second kappa shape index (κ2) is 8.93.